The minimum Gasteiger partial charge on any atom is -0.489 e. The fourth-order valence-electron chi connectivity index (χ4n) is 1.48. The lowest BCUT2D eigenvalue weighted by molar-refractivity contribution is 0.305. The summed E-state index contributed by atoms with van der Waals surface area (Å²) in [6.45, 7) is 0.242. The molecule has 2 aromatic rings. The van der Waals surface area contributed by atoms with Gasteiger partial charge in [-0.05, 0) is 18.2 Å². The quantitative estimate of drug-likeness (QED) is 0.839. The van der Waals surface area contributed by atoms with Crippen molar-refractivity contribution in [1.82, 2.24) is 0 Å². The Morgan fingerprint density at radius 2 is 2.00 bits per heavy atom. The summed E-state index contributed by atoms with van der Waals surface area (Å²) in [7, 11) is 0. The molecule has 0 unspecified atom stereocenters. The van der Waals surface area contributed by atoms with E-state index < -0.39 is 5.82 Å². The summed E-state index contributed by atoms with van der Waals surface area (Å²) < 4.78 is 18.4. The second-order valence-electron chi connectivity index (χ2n) is 3.63. The van der Waals surface area contributed by atoms with Crippen molar-refractivity contribution in [2.75, 3.05) is 0 Å². The molecule has 0 amide bonds. The van der Waals surface area contributed by atoms with E-state index in [2.05, 4.69) is 6.07 Å². The second-order valence-corrected chi connectivity index (χ2v) is 4.04. The summed E-state index contributed by atoms with van der Waals surface area (Å²) in [5.41, 5.74) is 1.34. The lowest BCUT2D eigenvalue weighted by Gasteiger charge is -2.08. The molecule has 0 N–H and O–H groups in total. The van der Waals surface area contributed by atoms with Crippen molar-refractivity contribution in [1.29, 1.82) is 5.26 Å². The average Bonchev–Trinajstić information content (AvgIpc) is 2.40. The van der Waals surface area contributed by atoms with Crippen LogP contribution >= 0.6 is 11.6 Å². The molecule has 0 aromatic heterocycles. The zero-order valence-electron chi connectivity index (χ0n) is 9.36. The molecule has 2 rings (SSSR count). The Hall–Kier alpha value is -2.05. The molecule has 0 aliphatic rings. The molecule has 0 atom stereocenters. The van der Waals surface area contributed by atoms with E-state index in [0.29, 0.717) is 11.3 Å². The van der Waals surface area contributed by atoms with Crippen LogP contribution in [-0.4, -0.2) is 0 Å². The van der Waals surface area contributed by atoms with Gasteiger partial charge in [0.15, 0.2) is 0 Å². The predicted molar refractivity (Wildman–Crippen MR) is 66.9 cm³/mol. The summed E-state index contributed by atoms with van der Waals surface area (Å²) in [5, 5.41) is 8.93. The van der Waals surface area contributed by atoms with Crippen LogP contribution in [0.25, 0.3) is 0 Å². The lowest BCUT2D eigenvalue weighted by Crippen LogP contribution is -1.98. The van der Waals surface area contributed by atoms with Gasteiger partial charge in [-0.15, -0.1) is 0 Å². The largest absolute Gasteiger partial charge is 0.489 e. The maximum atomic E-state index is 13.0. The van der Waals surface area contributed by atoms with Gasteiger partial charge in [-0.2, -0.15) is 5.26 Å². The van der Waals surface area contributed by atoms with E-state index >= 15 is 0 Å². The fourth-order valence-corrected chi connectivity index (χ4v) is 1.65. The molecule has 0 aliphatic carbocycles. The Labute approximate surface area is 109 Å². The highest BCUT2D eigenvalue weighted by molar-refractivity contribution is 6.30. The van der Waals surface area contributed by atoms with Crippen LogP contribution in [0.5, 0.6) is 5.75 Å². The van der Waals surface area contributed by atoms with Crippen LogP contribution in [0.15, 0.2) is 42.5 Å². The van der Waals surface area contributed by atoms with E-state index in [1.165, 1.54) is 18.2 Å². The molecular formula is C14H9ClFNO. The van der Waals surface area contributed by atoms with E-state index in [1.54, 1.807) is 12.1 Å². The number of hydrogen-bond acceptors (Lipinski definition) is 2. The number of halogens is 2. The van der Waals surface area contributed by atoms with Crippen molar-refractivity contribution < 1.29 is 9.13 Å². The Balaban J connectivity index is 2.12. The SMILES string of the molecule is N#Cc1ccccc1COc1ccc(F)c(Cl)c1. The van der Waals surface area contributed by atoms with Crippen molar-refractivity contribution in [2.45, 2.75) is 6.61 Å². The smallest absolute Gasteiger partial charge is 0.142 e. The van der Waals surface area contributed by atoms with Gasteiger partial charge in [0.25, 0.3) is 0 Å². The predicted octanol–water partition coefficient (Wildman–Crippen LogP) is 3.93. The third-order valence-electron chi connectivity index (χ3n) is 2.42. The van der Waals surface area contributed by atoms with Gasteiger partial charge in [0.05, 0.1) is 16.7 Å². The molecule has 4 heteroatoms. The van der Waals surface area contributed by atoms with E-state index in [-0.39, 0.29) is 11.6 Å². The van der Waals surface area contributed by atoms with Gasteiger partial charge >= 0.3 is 0 Å². The first kappa shape index (κ1) is 12.4. The van der Waals surface area contributed by atoms with E-state index in [4.69, 9.17) is 21.6 Å². The van der Waals surface area contributed by atoms with Crippen LogP contribution in [0.1, 0.15) is 11.1 Å². The van der Waals surface area contributed by atoms with E-state index in [9.17, 15) is 4.39 Å². The number of nitriles is 1. The van der Waals surface area contributed by atoms with Gasteiger partial charge in [-0.1, -0.05) is 29.8 Å². The van der Waals surface area contributed by atoms with Gasteiger partial charge in [-0.3, -0.25) is 0 Å². The lowest BCUT2D eigenvalue weighted by atomic mass is 10.1. The first-order chi connectivity index (χ1) is 8.70. The second kappa shape index (κ2) is 5.52. The first-order valence-electron chi connectivity index (χ1n) is 5.26. The minimum absolute atomic E-state index is 0.0149. The molecule has 0 aliphatic heterocycles. The molecule has 18 heavy (non-hydrogen) atoms. The maximum absolute atomic E-state index is 13.0. The molecule has 0 saturated heterocycles. The highest BCUT2D eigenvalue weighted by Gasteiger charge is 2.04. The van der Waals surface area contributed by atoms with Crippen molar-refractivity contribution in [3.05, 3.63) is 64.4 Å². The van der Waals surface area contributed by atoms with Crippen LogP contribution in [0.4, 0.5) is 4.39 Å². The van der Waals surface area contributed by atoms with Crippen molar-refractivity contribution >= 4 is 11.6 Å². The molecule has 0 saturated carbocycles. The maximum Gasteiger partial charge on any atom is 0.142 e. The third-order valence-corrected chi connectivity index (χ3v) is 2.71. The molecule has 90 valence electrons. The van der Waals surface area contributed by atoms with Crippen molar-refractivity contribution in [3.63, 3.8) is 0 Å². The fraction of sp³-hybridized carbons (Fsp3) is 0.0714. The van der Waals surface area contributed by atoms with Gasteiger partial charge in [0.1, 0.15) is 18.2 Å². The van der Waals surface area contributed by atoms with Gasteiger partial charge < -0.3 is 4.74 Å². The van der Waals surface area contributed by atoms with Crippen LogP contribution in [0.2, 0.25) is 5.02 Å². The summed E-state index contributed by atoms with van der Waals surface area (Å²) in [6, 6.07) is 13.4. The van der Waals surface area contributed by atoms with Crippen molar-refractivity contribution in [2.24, 2.45) is 0 Å². The van der Waals surface area contributed by atoms with Gasteiger partial charge in [0, 0.05) is 11.6 Å². The molecule has 0 bridgehead atoms. The van der Waals surface area contributed by atoms with Crippen LogP contribution in [0.3, 0.4) is 0 Å². The highest BCUT2D eigenvalue weighted by atomic mass is 35.5. The normalized spacial score (nSPS) is 9.83. The van der Waals surface area contributed by atoms with Crippen LogP contribution < -0.4 is 4.74 Å². The molecule has 2 aromatic carbocycles. The number of benzene rings is 2. The van der Waals surface area contributed by atoms with Crippen LogP contribution in [-0.2, 0) is 6.61 Å². The first-order valence-corrected chi connectivity index (χ1v) is 5.64. The molecule has 0 radical (unpaired) electrons. The molecule has 0 fully saturated rings. The Morgan fingerprint density at radius 1 is 1.22 bits per heavy atom. The van der Waals surface area contributed by atoms with Gasteiger partial charge in [-0.25, -0.2) is 4.39 Å². The standard InChI is InChI=1S/C14H9ClFNO/c15-13-7-12(5-6-14(13)16)18-9-11-4-2-1-3-10(11)8-17/h1-7H,9H2. The van der Waals surface area contributed by atoms with Crippen LogP contribution in [0, 0.1) is 17.1 Å². The zero-order valence-corrected chi connectivity index (χ0v) is 10.1. The average molecular weight is 262 g/mol. The topological polar surface area (TPSA) is 33.0 Å². The number of ether oxygens (including phenoxy) is 1. The highest BCUT2D eigenvalue weighted by Crippen LogP contribution is 2.22. The Morgan fingerprint density at radius 3 is 2.72 bits per heavy atom. The molecular weight excluding hydrogens is 253 g/mol. The number of hydrogen-bond donors (Lipinski definition) is 0. The summed E-state index contributed by atoms with van der Waals surface area (Å²) in [6.07, 6.45) is 0. The van der Waals surface area contributed by atoms with E-state index in [1.807, 2.05) is 12.1 Å². The summed E-state index contributed by atoms with van der Waals surface area (Å²) >= 11 is 5.65. The Kier molecular flexibility index (Phi) is 3.81. The molecule has 2 nitrogen and oxygen atoms in total. The number of rotatable bonds is 3. The minimum atomic E-state index is -0.485. The summed E-state index contributed by atoms with van der Waals surface area (Å²) in [4.78, 5) is 0. The molecule has 0 spiro atoms. The third kappa shape index (κ3) is 2.79. The zero-order chi connectivity index (χ0) is 13.0. The van der Waals surface area contributed by atoms with Gasteiger partial charge in [0.2, 0.25) is 0 Å². The van der Waals surface area contributed by atoms with Crippen molar-refractivity contribution in [3.8, 4) is 11.8 Å². The van der Waals surface area contributed by atoms with E-state index in [0.717, 1.165) is 5.56 Å². The number of nitrogens with zero attached hydrogens (tertiary/aromatic N) is 1. The molecule has 0 heterocycles. The summed E-state index contributed by atoms with van der Waals surface area (Å²) in [5.74, 6) is -0.0180. The monoisotopic (exact) mass is 261 g/mol. The Bertz CT molecular complexity index is 607.